The maximum atomic E-state index is 13.5. The number of hydrogen-bond acceptors (Lipinski definition) is 7. The Kier molecular flexibility index (Phi) is 7.87. The van der Waals surface area contributed by atoms with Crippen LogP contribution in [0.3, 0.4) is 0 Å². The third kappa shape index (κ3) is 5.56. The molecule has 0 spiro atoms. The van der Waals surface area contributed by atoms with E-state index in [9.17, 15) is 9.59 Å². The molecular formula is C32H30N4O4. The van der Waals surface area contributed by atoms with Gasteiger partial charge in [-0.25, -0.2) is 14.6 Å². The zero-order chi connectivity index (χ0) is 28.1. The summed E-state index contributed by atoms with van der Waals surface area (Å²) in [5.41, 5.74) is 5.68. The molecule has 0 amide bonds. The highest BCUT2D eigenvalue weighted by Gasteiger charge is 2.38. The summed E-state index contributed by atoms with van der Waals surface area (Å²) in [7, 11) is 1.34. The van der Waals surface area contributed by atoms with E-state index in [4.69, 9.17) is 9.47 Å². The Bertz CT molecular complexity index is 1630. The van der Waals surface area contributed by atoms with Gasteiger partial charge in [-0.3, -0.25) is 4.98 Å². The number of hydrogen-bond donors (Lipinski definition) is 1. The van der Waals surface area contributed by atoms with Crippen LogP contribution in [0.4, 0.5) is 0 Å². The molecule has 0 fully saturated rings. The van der Waals surface area contributed by atoms with Gasteiger partial charge in [-0.2, -0.15) is 0 Å². The summed E-state index contributed by atoms with van der Waals surface area (Å²) < 4.78 is 12.8. The first-order valence-corrected chi connectivity index (χ1v) is 12.9. The second-order valence-electron chi connectivity index (χ2n) is 9.52. The van der Waals surface area contributed by atoms with Crippen LogP contribution in [0.25, 0.3) is 17.0 Å². The number of rotatable bonds is 8. The van der Waals surface area contributed by atoms with E-state index in [1.54, 1.807) is 31.7 Å². The number of esters is 2. The standard InChI is InChI=1S/C32H30N4O4/c1-21-28(31(37)39-3)30(26-14-15-34-27-9-5-4-8-25(26)27)29(22(2)35-21)32(38)40-18-6-7-23-10-12-24(13-11-23)19-36-17-16-33-20-36/h4-17,20,30,35H,18-19H2,1-3H3. The van der Waals surface area contributed by atoms with Crippen molar-refractivity contribution in [2.75, 3.05) is 13.7 Å². The van der Waals surface area contributed by atoms with Crippen molar-refractivity contribution in [2.24, 2.45) is 0 Å². The van der Waals surface area contributed by atoms with E-state index < -0.39 is 17.9 Å². The molecule has 0 saturated carbocycles. The summed E-state index contributed by atoms with van der Waals surface area (Å²) in [6.45, 7) is 4.44. The first kappa shape index (κ1) is 26.6. The molecule has 1 unspecified atom stereocenters. The highest BCUT2D eigenvalue weighted by atomic mass is 16.5. The van der Waals surface area contributed by atoms with Gasteiger partial charge in [0.05, 0.1) is 36.0 Å². The number of nitrogens with one attached hydrogen (secondary N) is 1. The van der Waals surface area contributed by atoms with Gasteiger partial charge in [0.2, 0.25) is 0 Å². The molecule has 1 aliphatic rings. The van der Waals surface area contributed by atoms with Crippen LogP contribution < -0.4 is 5.32 Å². The van der Waals surface area contributed by atoms with Gasteiger partial charge in [0, 0.05) is 41.9 Å². The van der Waals surface area contributed by atoms with Crippen molar-refractivity contribution in [1.82, 2.24) is 19.9 Å². The molecule has 0 bridgehead atoms. The SMILES string of the molecule is COC(=O)C1=C(C)NC(C)=C(C(=O)OCC=Cc2ccc(Cn3ccnc3)cc2)C1c1ccnc2ccccc12. The Hall–Kier alpha value is -4.98. The predicted octanol–water partition coefficient (Wildman–Crippen LogP) is 5.14. The minimum Gasteiger partial charge on any atom is -0.466 e. The summed E-state index contributed by atoms with van der Waals surface area (Å²) in [5.74, 6) is -1.70. The molecule has 3 heterocycles. The van der Waals surface area contributed by atoms with E-state index in [2.05, 4.69) is 27.4 Å². The lowest BCUT2D eigenvalue weighted by atomic mass is 9.79. The Balaban J connectivity index is 1.36. The van der Waals surface area contributed by atoms with E-state index in [0.29, 0.717) is 22.5 Å². The van der Waals surface area contributed by atoms with Crippen LogP contribution in [0.2, 0.25) is 0 Å². The smallest absolute Gasteiger partial charge is 0.337 e. The highest BCUT2D eigenvalue weighted by Crippen LogP contribution is 2.41. The molecular weight excluding hydrogens is 504 g/mol. The number of carbonyl (C=O) groups is 2. The van der Waals surface area contributed by atoms with Gasteiger partial charge in [-0.05, 0) is 48.7 Å². The fourth-order valence-electron chi connectivity index (χ4n) is 5.04. The highest BCUT2D eigenvalue weighted by molar-refractivity contribution is 6.01. The summed E-state index contributed by atoms with van der Waals surface area (Å²) in [6.07, 6.45) is 10.9. The Morgan fingerprint density at radius 1 is 0.975 bits per heavy atom. The Morgan fingerprint density at radius 3 is 2.45 bits per heavy atom. The van der Waals surface area contributed by atoms with Gasteiger partial charge in [-0.15, -0.1) is 0 Å². The number of fused-ring (bicyclic) bond motifs is 1. The molecule has 1 atom stereocenters. The average molecular weight is 535 g/mol. The number of nitrogens with zero attached hydrogens (tertiary/aromatic N) is 3. The summed E-state index contributed by atoms with van der Waals surface area (Å²) in [6, 6.07) is 17.6. The molecule has 1 aliphatic heterocycles. The quantitative estimate of drug-likeness (QED) is 0.313. The molecule has 5 rings (SSSR count). The van der Waals surface area contributed by atoms with Gasteiger partial charge in [0.1, 0.15) is 6.61 Å². The fourth-order valence-corrected chi connectivity index (χ4v) is 5.04. The second-order valence-corrected chi connectivity index (χ2v) is 9.52. The van der Waals surface area contributed by atoms with Crippen LogP contribution >= 0.6 is 0 Å². The number of dihydropyridines is 1. The van der Waals surface area contributed by atoms with E-state index in [0.717, 1.165) is 34.1 Å². The van der Waals surface area contributed by atoms with Crippen LogP contribution in [-0.4, -0.2) is 40.2 Å². The monoisotopic (exact) mass is 534 g/mol. The van der Waals surface area contributed by atoms with E-state index >= 15 is 0 Å². The fraction of sp³-hybridized carbons (Fsp3) is 0.188. The van der Waals surface area contributed by atoms with Crippen LogP contribution in [0.1, 0.15) is 36.5 Å². The summed E-state index contributed by atoms with van der Waals surface area (Å²) >= 11 is 0. The number of aromatic nitrogens is 3. The van der Waals surface area contributed by atoms with Crippen LogP contribution in [0.5, 0.6) is 0 Å². The third-order valence-corrected chi connectivity index (χ3v) is 6.90. The van der Waals surface area contributed by atoms with Gasteiger partial charge in [0.25, 0.3) is 0 Å². The molecule has 202 valence electrons. The molecule has 0 saturated heterocycles. The zero-order valence-corrected chi connectivity index (χ0v) is 22.6. The molecule has 8 heteroatoms. The van der Waals surface area contributed by atoms with Crippen molar-refractivity contribution in [3.05, 3.63) is 125 Å². The molecule has 1 N–H and O–H groups in total. The maximum absolute atomic E-state index is 13.5. The van der Waals surface area contributed by atoms with Gasteiger partial charge in [0.15, 0.2) is 0 Å². The third-order valence-electron chi connectivity index (χ3n) is 6.90. The Morgan fingerprint density at radius 2 is 1.73 bits per heavy atom. The zero-order valence-electron chi connectivity index (χ0n) is 22.6. The lowest BCUT2D eigenvalue weighted by Crippen LogP contribution is -2.32. The van der Waals surface area contributed by atoms with Crippen molar-refractivity contribution in [3.63, 3.8) is 0 Å². The van der Waals surface area contributed by atoms with Crippen molar-refractivity contribution in [3.8, 4) is 0 Å². The number of pyridine rings is 1. The molecule has 2 aromatic carbocycles. The number of ether oxygens (including phenoxy) is 2. The second kappa shape index (κ2) is 11.8. The first-order chi connectivity index (χ1) is 19.5. The van der Waals surface area contributed by atoms with Gasteiger partial charge >= 0.3 is 11.9 Å². The predicted molar refractivity (Wildman–Crippen MR) is 153 cm³/mol. The number of methoxy groups -OCH3 is 1. The minimum atomic E-state index is -0.680. The number of benzene rings is 2. The molecule has 0 aliphatic carbocycles. The van der Waals surface area contributed by atoms with Crippen molar-refractivity contribution in [2.45, 2.75) is 26.3 Å². The lowest BCUT2D eigenvalue weighted by Gasteiger charge is -2.30. The van der Waals surface area contributed by atoms with Gasteiger partial charge in [-0.1, -0.05) is 48.5 Å². The summed E-state index contributed by atoms with van der Waals surface area (Å²) in [5, 5.41) is 4.03. The first-order valence-electron chi connectivity index (χ1n) is 12.9. The van der Waals surface area contributed by atoms with Crippen molar-refractivity contribution in [1.29, 1.82) is 0 Å². The largest absolute Gasteiger partial charge is 0.466 e. The van der Waals surface area contributed by atoms with Crippen molar-refractivity contribution < 1.29 is 19.1 Å². The van der Waals surface area contributed by atoms with Crippen LogP contribution in [0.15, 0.2) is 108 Å². The normalized spacial score (nSPS) is 15.4. The molecule has 4 aromatic rings. The summed E-state index contributed by atoms with van der Waals surface area (Å²) in [4.78, 5) is 35.0. The van der Waals surface area contributed by atoms with Crippen LogP contribution in [-0.2, 0) is 25.6 Å². The number of imidazole rings is 1. The van der Waals surface area contributed by atoms with Crippen molar-refractivity contribution >= 4 is 28.9 Å². The van der Waals surface area contributed by atoms with Gasteiger partial charge < -0.3 is 19.4 Å². The van der Waals surface area contributed by atoms with E-state index in [-0.39, 0.29) is 6.61 Å². The Labute approximate surface area is 232 Å². The number of carbonyl (C=O) groups excluding carboxylic acids is 2. The average Bonchev–Trinajstić information content (AvgIpc) is 3.48. The van der Waals surface area contributed by atoms with E-state index in [1.807, 2.05) is 66.2 Å². The number of allylic oxidation sites excluding steroid dienone is 2. The van der Waals surface area contributed by atoms with E-state index in [1.165, 1.54) is 7.11 Å². The molecule has 2 aromatic heterocycles. The lowest BCUT2D eigenvalue weighted by molar-refractivity contribution is -0.138. The van der Waals surface area contributed by atoms with Crippen LogP contribution in [0, 0.1) is 0 Å². The minimum absolute atomic E-state index is 0.0759. The molecule has 40 heavy (non-hydrogen) atoms. The molecule has 8 nitrogen and oxygen atoms in total. The number of para-hydroxylation sites is 1. The topological polar surface area (TPSA) is 95.3 Å². The maximum Gasteiger partial charge on any atom is 0.337 e. The molecule has 0 radical (unpaired) electrons.